The zero-order valence-electron chi connectivity index (χ0n) is 10.1. The molecule has 0 aliphatic rings. The molecule has 1 rings (SSSR count). The van der Waals surface area contributed by atoms with Crippen LogP contribution in [0.1, 0.15) is 23.7 Å². The van der Waals surface area contributed by atoms with E-state index in [1.54, 1.807) is 0 Å². The van der Waals surface area contributed by atoms with Crippen LogP contribution in [0.5, 0.6) is 0 Å². The maximum atomic E-state index is 12.1. The maximum absolute atomic E-state index is 12.1. The number of halogens is 4. The molecule has 0 aliphatic heterocycles. The summed E-state index contributed by atoms with van der Waals surface area (Å²) in [5.74, 6) is -1.02. The number of aromatic nitrogens is 1. The van der Waals surface area contributed by atoms with Crippen molar-refractivity contribution in [2.24, 2.45) is 0 Å². The number of carbonyl (C=O) groups is 1. The number of nitrogens with one attached hydrogen (secondary N) is 1. The minimum absolute atomic E-state index is 0.177. The average molecular weight is 312 g/mol. The summed E-state index contributed by atoms with van der Waals surface area (Å²) in [6, 6.07) is -0.302. The van der Waals surface area contributed by atoms with Crippen molar-refractivity contribution in [1.29, 1.82) is 0 Å². The van der Waals surface area contributed by atoms with Crippen molar-refractivity contribution in [3.05, 3.63) is 33.1 Å². The Kier molecular flexibility index (Phi) is 4.88. The Morgan fingerprint density at radius 2 is 2.20 bits per heavy atom. The number of nitrogens with zero attached hydrogens (tertiary/aromatic N) is 2. The first-order valence-electron chi connectivity index (χ1n) is 5.27. The minimum Gasteiger partial charge on any atom is -0.349 e. The molecule has 110 valence electrons. The normalized spacial score (nSPS) is 12.8. The van der Waals surface area contributed by atoms with E-state index in [2.05, 4.69) is 4.98 Å². The molecular weight excluding hydrogens is 303 g/mol. The zero-order chi connectivity index (χ0) is 15.5. The number of alkyl halides is 3. The lowest BCUT2D eigenvalue weighted by molar-refractivity contribution is -0.385. The fraction of sp³-hybridized carbons (Fsp3) is 0.400. The minimum atomic E-state index is -4.45. The van der Waals surface area contributed by atoms with Crippen LogP contribution in [0.15, 0.2) is 12.3 Å². The van der Waals surface area contributed by atoms with Gasteiger partial charge in [-0.1, -0.05) is 11.6 Å². The molecule has 0 saturated carbocycles. The van der Waals surface area contributed by atoms with Crippen LogP contribution < -0.4 is 5.32 Å². The summed E-state index contributed by atoms with van der Waals surface area (Å²) >= 11 is 5.51. The van der Waals surface area contributed by atoms with Gasteiger partial charge >= 0.3 is 6.18 Å². The molecule has 0 saturated heterocycles. The molecule has 10 heteroatoms. The highest BCUT2D eigenvalue weighted by molar-refractivity contribution is 6.29. The predicted octanol–water partition coefficient (Wildman–Crippen LogP) is 2.71. The molecule has 0 bridgehead atoms. The van der Waals surface area contributed by atoms with Crippen molar-refractivity contribution in [2.75, 3.05) is 0 Å². The summed E-state index contributed by atoms with van der Waals surface area (Å²) in [6.45, 7) is 1.14. The van der Waals surface area contributed by atoms with Crippen LogP contribution in [-0.2, 0) is 0 Å². The first kappa shape index (κ1) is 16.2. The summed E-state index contributed by atoms with van der Waals surface area (Å²) in [4.78, 5) is 25.0. The number of carbonyl (C=O) groups excluding carboxylic acids is 1. The van der Waals surface area contributed by atoms with Crippen molar-refractivity contribution in [2.45, 2.75) is 25.6 Å². The summed E-state index contributed by atoms with van der Waals surface area (Å²) in [5, 5.41) is 12.6. The number of hydrogen-bond acceptors (Lipinski definition) is 4. The lowest BCUT2D eigenvalue weighted by Gasteiger charge is -2.15. The summed E-state index contributed by atoms with van der Waals surface area (Å²) in [5.41, 5.74) is -1.07. The van der Waals surface area contributed by atoms with Gasteiger partial charge in [-0.25, -0.2) is 4.98 Å². The quantitative estimate of drug-likeness (QED) is 0.526. The highest BCUT2D eigenvalue weighted by atomic mass is 35.5. The van der Waals surface area contributed by atoms with Gasteiger partial charge in [0, 0.05) is 6.04 Å². The summed E-state index contributed by atoms with van der Waals surface area (Å²) in [7, 11) is 0. The molecule has 0 fully saturated rings. The van der Waals surface area contributed by atoms with Gasteiger partial charge in [0.2, 0.25) is 0 Å². The van der Waals surface area contributed by atoms with E-state index in [-0.39, 0.29) is 5.15 Å². The lowest BCUT2D eigenvalue weighted by Crippen LogP contribution is -2.36. The summed E-state index contributed by atoms with van der Waals surface area (Å²) < 4.78 is 36.4. The lowest BCUT2D eigenvalue weighted by atomic mass is 10.1. The molecule has 1 amide bonds. The van der Waals surface area contributed by atoms with Crippen LogP contribution in [0.4, 0.5) is 18.9 Å². The van der Waals surface area contributed by atoms with Crippen molar-refractivity contribution < 1.29 is 22.9 Å². The zero-order valence-corrected chi connectivity index (χ0v) is 10.8. The molecular formula is C10H9ClF3N3O3. The van der Waals surface area contributed by atoms with E-state index in [0.29, 0.717) is 0 Å². The SMILES string of the molecule is CC(CC(F)(F)F)NC(=O)c1cc(Cl)ncc1[N+](=O)[O-]. The Labute approximate surface area is 116 Å². The monoisotopic (exact) mass is 311 g/mol. The van der Waals surface area contributed by atoms with Crippen LogP contribution >= 0.6 is 11.6 Å². The topological polar surface area (TPSA) is 85.1 Å². The third-order valence-corrected chi connectivity index (χ3v) is 2.41. The van der Waals surface area contributed by atoms with E-state index in [1.807, 2.05) is 5.32 Å². The van der Waals surface area contributed by atoms with Gasteiger partial charge in [-0.15, -0.1) is 0 Å². The van der Waals surface area contributed by atoms with Gasteiger partial charge in [0.25, 0.3) is 11.6 Å². The summed E-state index contributed by atoms with van der Waals surface area (Å²) in [6.07, 6.45) is -4.93. The van der Waals surface area contributed by atoms with E-state index >= 15 is 0 Å². The molecule has 20 heavy (non-hydrogen) atoms. The van der Waals surface area contributed by atoms with Gasteiger partial charge in [0.15, 0.2) is 0 Å². The molecule has 0 spiro atoms. The second-order valence-corrected chi connectivity index (χ2v) is 4.36. The van der Waals surface area contributed by atoms with E-state index in [0.717, 1.165) is 19.2 Å². The van der Waals surface area contributed by atoms with E-state index in [9.17, 15) is 28.1 Å². The number of hydrogen-bond donors (Lipinski definition) is 1. The van der Waals surface area contributed by atoms with E-state index in [1.165, 1.54) is 0 Å². The smallest absolute Gasteiger partial charge is 0.349 e. The fourth-order valence-corrected chi connectivity index (χ4v) is 1.61. The van der Waals surface area contributed by atoms with Crippen molar-refractivity contribution in [1.82, 2.24) is 10.3 Å². The number of amides is 1. The Morgan fingerprint density at radius 1 is 1.60 bits per heavy atom. The molecule has 0 aromatic carbocycles. The van der Waals surface area contributed by atoms with Gasteiger partial charge in [0.05, 0.1) is 11.3 Å². The van der Waals surface area contributed by atoms with Crippen LogP contribution in [0.2, 0.25) is 5.15 Å². The van der Waals surface area contributed by atoms with Gasteiger partial charge in [-0.3, -0.25) is 14.9 Å². The number of rotatable bonds is 4. The van der Waals surface area contributed by atoms with Gasteiger partial charge < -0.3 is 5.32 Å². The highest BCUT2D eigenvalue weighted by Gasteiger charge is 2.31. The third-order valence-electron chi connectivity index (χ3n) is 2.21. The Balaban J connectivity index is 2.92. The van der Waals surface area contributed by atoms with Crippen LogP contribution in [-0.4, -0.2) is 28.0 Å². The second kappa shape index (κ2) is 6.04. The first-order chi connectivity index (χ1) is 9.10. The molecule has 1 unspecified atom stereocenters. The third kappa shape index (κ3) is 4.65. The van der Waals surface area contributed by atoms with Crippen LogP contribution in [0.3, 0.4) is 0 Å². The molecule has 1 N–H and O–H groups in total. The van der Waals surface area contributed by atoms with Crippen LogP contribution in [0.25, 0.3) is 0 Å². The molecule has 1 heterocycles. The molecule has 1 atom stereocenters. The van der Waals surface area contributed by atoms with Gasteiger partial charge in [-0.05, 0) is 13.0 Å². The first-order valence-corrected chi connectivity index (χ1v) is 5.65. The predicted molar refractivity (Wildman–Crippen MR) is 63.5 cm³/mol. The Bertz CT molecular complexity index is 536. The van der Waals surface area contributed by atoms with Crippen molar-refractivity contribution in [3.63, 3.8) is 0 Å². The molecule has 0 aliphatic carbocycles. The van der Waals surface area contributed by atoms with Gasteiger partial charge in [0.1, 0.15) is 16.9 Å². The molecule has 1 aromatic rings. The van der Waals surface area contributed by atoms with E-state index in [4.69, 9.17) is 11.6 Å². The Hall–Kier alpha value is -1.90. The standard InChI is InChI=1S/C10H9ClF3N3O3/c1-5(3-10(12,13)14)16-9(18)6-2-8(11)15-4-7(6)17(19)20/h2,4-5H,3H2,1H3,(H,16,18). The number of nitro groups is 1. The Morgan fingerprint density at radius 3 is 2.70 bits per heavy atom. The molecule has 0 radical (unpaired) electrons. The van der Waals surface area contributed by atoms with Gasteiger partial charge in [-0.2, -0.15) is 13.2 Å². The number of pyridine rings is 1. The average Bonchev–Trinajstić information content (AvgIpc) is 2.25. The molecule has 1 aromatic heterocycles. The molecule has 6 nitrogen and oxygen atoms in total. The highest BCUT2D eigenvalue weighted by Crippen LogP contribution is 2.23. The van der Waals surface area contributed by atoms with E-state index < -0.39 is 40.7 Å². The largest absolute Gasteiger partial charge is 0.391 e. The maximum Gasteiger partial charge on any atom is 0.391 e. The van der Waals surface area contributed by atoms with Crippen molar-refractivity contribution in [3.8, 4) is 0 Å². The second-order valence-electron chi connectivity index (χ2n) is 3.98. The fourth-order valence-electron chi connectivity index (χ4n) is 1.45. The van der Waals surface area contributed by atoms with Crippen LogP contribution in [0, 0.1) is 10.1 Å². The van der Waals surface area contributed by atoms with Crippen molar-refractivity contribution >= 4 is 23.2 Å².